The summed E-state index contributed by atoms with van der Waals surface area (Å²) in [6.45, 7) is 1.66. The third-order valence-electron chi connectivity index (χ3n) is 3.56. The van der Waals surface area contributed by atoms with E-state index in [1.54, 1.807) is 24.3 Å². The summed E-state index contributed by atoms with van der Waals surface area (Å²) in [6, 6.07) is 15.8. The standard InChI is InChI=1S/C17H17N3O2/c21-16(20-11-4-12-20)13-7-9-15(10-8-13)19-17(22)18-14-5-2-1-3-6-14/h1-3,5-10H,4,11-12H2,(H2,18,19,22). The smallest absolute Gasteiger partial charge is 0.323 e. The van der Waals surface area contributed by atoms with E-state index < -0.39 is 0 Å². The van der Waals surface area contributed by atoms with Crippen LogP contribution in [0.3, 0.4) is 0 Å². The van der Waals surface area contributed by atoms with E-state index >= 15 is 0 Å². The summed E-state index contributed by atoms with van der Waals surface area (Å²) in [6.07, 6.45) is 1.07. The largest absolute Gasteiger partial charge is 0.339 e. The van der Waals surface area contributed by atoms with E-state index in [4.69, 9.17) is 0 Å². The van der Waals surface area contributed by atoms with Gasteiger partial charge in [0, 0.05) is 30.0 Å². The summed E-state index contributed by atoms with van der Waals surface area (Å²) in [4.78, 5) is 25.7. The fraction of sp³-hybridized carbons (Fsp3) is 0.176. The molecule has 0 aromatic heterocycles. The molecule has 2 N–H and O–H groups in total. The molecule has 0 aliphatic carbocycles. The van der Waals surface area contributed by atoms with Crippen LogP contribution in [0.1, 0.15) is 16.8 Å². The maximum absolute atomic E-state index is 12.0. The molecule has 3 amide bonds. The molecule has 1 aliphatic heterocycles. The Kier molecular flexibility index (Phi) is 4.05. The lowest BCUT2D eigenvalue weighted by molar-refractivity contribution is 0.0652. The van der Waals surface area contributed by atoms with Gasteiger partial charge in [-0.15, -0.1) is 0 Å². The predicted octanol–water partition coefficient (Wildman–Crippen LogP) is 3.18. The van der Waals surface area contributed by atoms with Gasteiger partial charge in [0.1, 0.15) is 0 Å². The van der Waals surface area contributed by atoms with Crippen molar-refractivity contribution >= 4 is 23.3 Å². The molecule has 1 heterocycles. The molecule has 3 rings (SSSR count). The molecule has 2 aromatic carbocycles. The quantitative estimate of drug-likeness (QED) is 0.913. The Morgan fingerprint density at radius 3 is 1.95 bits per heavy atom. The molecule has 1 saturated heterocycles. The minimum atomic E-state index is -0.312. The predicted molar refractivity (Wildman–Crippen MR) is 86.0 cm³/mol. The maximum Gasteiger partial charge on any atom is 0.323 e. The van der Waals surface area contributed by atoms with Crippen molar-refractivity contribution in [1.82, 2.24) is 4.90 Å². The lowest BCUT2D eigenvalue weighted by Crippen LogP contribution is -2.41. The van der Waals surface area contributed by atoms with Crippen molar-refractivity contribution in [2.45, 2.75) is 6.42 Å². The van der Waals surface area contributed by atoms with Crippen LogP contribution in [-0.2, 0) is 0 Å². The van der Waals surface area contributed by atoms with Crippen molar-refractivity contribution in [3.63, 3.8) is 0 Å². The number of benzene rings is 2. The summed E-state index contributed by atoms with van der Waals surface area (Å²) in [5, 5.41) is 5.48. The summed E-state index contributed by atoms with van der Waals surface area (Å²) >= 11 is 0. The third kappa shape index (κ3) is 3.25. The van der Waals surface area contributed by atoms with Gasteiger partial charge < -0.3 is 15.5 Å². The molecule has 0 atom stereocenters. The number of urea groups is 1. The molecule has 0 bridgehead atoms. The molecule has 2 aromatic rings. The number of para-hydroxylation sites is 1. The molecule has 0 unspecified atom stereocenters. The van der Waals surface area contributed by atoms with Gasteiger partial charge in [-0.3, -0.25) is 4.79 Å². The molecule has 0 saturated carbocycles. The molecule has 22 heavy (non-hydrogen) atoms. The lowest BCUT2D eigenvalue weighted by atomic mass is 10.1. The Balaban J connectivity index is 1.58. The van der Waals surface area contributed by atoms with Crippen molar-refractivity contribution in [2.75, 3.05) is 23.7 Å². The SMILES string of the molecule is O=C(Nc1ccccc1)Nc1ccc(C(=O)N2CCC2)cc1. The van der Waals surface area contributed by atoms with Crippen LogP contribution < -0.4 is 10.6 Å². The molecule has 1 aliphatic rings. The number of anilines is 2. The molecule has 5 heteroatoms. The van der Waals surface area contributed by atoms with Crippen molar-refractivity contribution in [2.24, 2.45) is 0 Å². The van der Waals surface area contributed by atoms with Gasteiger partial charge in [0.05, 0.1) is 0 Å². The molecule has 112 valence electrons. The van der Waals surface area contributed by atoms with Gasteiger partial charge in [0.25, 0.3) is 5.91 Å². The van der Waals surface area contributed by atoms with Crippen molar-refractivity contribution < 1.29 is 9.59 Å². The number of nitrogens with zero attached hydrogens (tertiary/aromatic N) is 1. The van der Waals surface area contributed by atoms with E-state index in [2.05, 4.69) is 10.6 Å². The van der Waals surface area contributed by atoms with Crippen LogP contribution in [0, 0.1) is 0 Å². The van der Waals surface area contributed by atoms with Crippen LogP contribution in [0.5, 0.6) is 0 Å². The van der Waals surface area contributed by atoms with Gasteiger partial charge in [-0.2, -0.15) is 0 Å². The van der Waals surface area contributed by atoms with Gasteiger partial charge in [0.2, 0.25) is 0 Å². The molecular formula is C17H17N3O2. The number of nitrogens with one attached hydrogen (secondary N) is 2. The van der Waals surface area contributed by atoms with E-state index in [1.165, 1.54) is 0 Å². The Hall–Kier alpha value is -2.82. The van der Waals surface area contributed by atoms with Crippen molar-refractivity contribution in [3.8, 4) is 0 Å². The van der Waals surface area contributed by atoms with Crippen molar-refractivity contribution in [1.29, 1.82) is 0 Å². The zero-order valence-electron chi connectivity index (χ0n) is 12.1. The Labute approximate surface area is 128 Å². The number of hydrogen-bond acceptors (Lipinski definition) is 2. The first-order chi connectivity index (χ1) is 10.7. The van der Waals surface area contributed by atoms with Gasteiger partial charge >= 0.3 is 6.03 Å². The van der Waals surface area contributed by atoms with Crippen LogP contribution >= 0.6 is 0 Å². The fourth-order valence-corrected chi connectivity index (χ4v) is 2.21. The zero-order chi connectivity index (χ0) is 15.4. The maximum atomic E-state index is 12.0. The van der Waals surface area contributed by atoms with Crippen LogP contribution in [0.15, 0.2) is 54.6 Å². The third-order valence-corrected chi connectivity index (χ3v) is 3.56. The lowest BCUT2D eigenvalue weighted by Gasteiger charge is -2.30. The Morgan fingerprint density at radius 2 is 1.41 bits per heavy atom. The first-order valence-corrected chi connectivity index (χ1v) is 7.25. The van der Waals surface area contributed by atoms with Crippen LogP contribution in [-0.4, -0.2) is 29.9 Å². The van der Waals surface area contributed by atoms with Gasteiger partial charge in [0.15, 0.2) is 0 Å². The second-order valence-corrected chi connectivity index (χ2v) is 5.17. The summed E-state index contributed by atoms with van der Waals surface area (Å²) in [7, 11) is 0. The molecule has 1 fully saturated rings. The minimum Gasteiger partial charge on any atom is -0.339 e. The first-order valence-electron chi connectivity index (χ1n) is 7.25. The number of hydrogen-bond donors (Lipinski definition) is 2. The van der Waals surface area contributed by atoms with Gasteiger partial charge in [-0.1, -0.05) is 18.2 Å². The van der Waals surface area contributed by atoms with E-state index in [1.807, 2.05) is 35.2 Å². The number of amides is 3. The second-order valence-electron chi connectivity index (χ2n) is 5.17. The van der Waals surface area contributed by atoms with Crippen LogP contribution in [0.25, 0.3) is 0 Å². The fourth-order valence-electron chi connectivity index (χ4n) is 2.21. The highest BCUT2D eigenvalue weighted by molar-refractivity contribution is 6.00. The summed E-state index contributed by atoms with van der Waals surface area (Å²) < 4.78 is 0. The van der Waals surface area contributed by atoms with Crippen molar-refractivity contribution in [3.05, 3.63) is 60.2 Å². The number of likely N-dealkylation sites (tertiary alicyclic amines) is 1. The highest BCUT2D eigenvalue weighted by Crippen LogP contribution is 2.15. The van der Waals surface area contributed by atoms with Crippen LogP contribution in [0.2, 0.25) is 0 Å². The molecule has 0 spiro atoms. The van der Waals surface area contributed by atoms with Crippen LogP contribution in [0.4, 0.5) is 16.2 Å². The number of carbonyl (C=O) groups excluding carboxylic acids is 2. The van der Waals surface area contributed by atoms with Gasteiger partial charge in [-0.25, -0.2) is 4.79 Å². The highest BCUT2D eigenvalue weighted by atomic mass is 16.2. The van der Waals surface area contributed by atoms with Gasteiger partial charge in [-0.05, 0) is 42.8 Å². The summed E-state index contributed by atoms with van der Waals surface area (Å²) in [5.41, 5.74) is 2.02. The monoisotopic (exact) mass is 295 g/mol. The zero-order valence-corrected chi connectivity index (χ0v) is 12.1. The molecule has 0 radical (unpaired) electrons. The van der Waals surface area contributed by atoms with E-state index in [0.717, 1.165) is 25.2 Å². The Bertz CT molecular complexity index is 664. The first kappa shape index (κ1) is 14.1. The number of rotatable bonds is 3. The summed E-state index contributed by atoms with van der Waals surface area (Å²) in [5.74, 6) is 0.0477. The minimum absolute atomic E-state index is 0.0477. The van der Waals surface area contributed by atoms with E-state index in [9.17, 15) is 9.59 Å². The molecule has 5 nitrogen and oxygen atoms in total. The van der Waals surface area contributed by atoms with E-state index in [-0.39, 0.29) is 11.9 Å². The average Bonchev–Trinajstić information content (AvgIpc) is 2.47. The topological polar surface area (TPSA) is 61.4 Å². The highest BCUT2D eigenvalue weighted by Gasteiger charge is 2.21. The second kappa shape index (κ2) is 6.30. The number of carbonyl (C=O) groups is 2. The molecular weight excluding hydrogens is 278 g/mol. The normalized spacial score (nSPS) is 13.2. The Morgan fingerprint density at radius 1 is 0.818 bits per heavy atom. The van der Waals surface area contributed by atoms with E-state index in [0.29, 0.717) is 11.3 Å². The average molecular weight is 295 g/mol.